The van der Waals surface area contributed by atoms with E-state index in [1.807, 2.05) is 13.8 Å². The van der Waals surface area contributed by atoms with Crippen molar-refractivity contribution in [2.45, 2.75) is 38.3 Å². The molecule has 0 saturated carbocycles. The van der Waals surface area contributed by atoms with Gasteiger partial charge in [-0.1, -0.05) is 79.5 Å². The van der Waals surface area contributed by atoms with Crippen molar-refractivity contribution in [3.63, 3.8) is 0 Å². The van der Waals surface area contributed by atoms with Gasteiger partial charge in [0, 0.05) is 13.1 Å². The topological polar surface area (TPSA) is 86.8 Å². The fourth-order valence-corrected chi connectivity index (χ4v) is 5.47. The van der Waals surface area contributed by atoms with Crippen LogP contribution in [0.1, 0.15) is 26.3 Å². The Balaban J connectivity index is 1.99. The van der Waals surface area contributed by atoms with E-state index in [0.717, 1.165) is 4.31 Å². The maximum Gasteiger partial charge on any atom is 0.264 e. The summed E-state index contributed by atoms with van der Waals surface area (Å²) >= 11 is 12.3. The molecular formula is C28H31Cl2N3O4S. The van der Waals surface area contributed by atoms with Gasteiger partial charge < -0.3 is 10.2 Å². The highest BCUT2D eigenvalue weighted by atomic mass is 35.5. The molecule has 3 aromatic rings. The highest BCUT2D eigenvalue weighted by Crippen LogP contribution is 2.26. The summed E-state index contributed by atoms with van der Waals surface area (Å²) in [6, 6.07) is 20.4. The minimum absolute atomic E-state index is 0.0278. The summed E-state index contributed by atoms with van der Waals surface area (Å²) in [4.78, 5) is 28.2. The van der Waals surface area contributed by atoms with E-state index in [4.69, 9.17) is 23.2 Å². The number of benzene rings is 3. The van der Waals surface area contributed by atoms with Crippen LogP contribution in [0.15, 0.2) is 83.8 Å². The van der Waals surface area contributed by atoms with Gasteiger partial charge >= 0.3 is 0 Å². The van der Waals surface area contributed by atoms with Crippen molar-refractivity contribution in [2.24, 2.45) is 5.92 Å². The summed E-state index contributed by atoms with van der Waals surface area (Å²) in [5.74, 6) is -0.675. The molecule has 0 fully saturated rings. The average molecular weight is 577 g/mol. The van der Waals surface area contributed by atoms with E-state index in [-0.39, 0.29) is 23.3 Å². The molecule has 0 unspecified atom stereocenters. The third kappa shape index (κ3) is 7.49. The van der Waals surface area contributed by atoms with Crippen LogP contribution in [-0.4, -0.2) is 44.3 Å². The van der Waals surface area contributed by atoms with Gasteiger partial charge in [0.1, 0.15) is 12.6 Å². The SMILES string of the molecule is CC(C)CNC(=O)[C@H](C)N(Cc1ccc(Cl)c(Cl)c1)C(=O)CN(c1ccccc1)S(=O)(=O)c1ccccc1. The molecule has 1 N–H and O–H groups in total. The van der Waals surface area contributed by atoms with Gasteiger partial charge in [0.25, 0.3) is 10.0 Å². The van der Waals surface area contributed by atoms with E-state index in [9.17, 15) is 18.0 Å². The number of carbonyl (C=O) groups excluding carboxylic acids is 2. The zero-order valence-electron chi connectivity index (χ0n) is 21.5. The highest BCUT2D eigenvalue weighted by Gasteiger charge is 2.32. The van der Waals surface area contributed by atoms with Gasteiger partial charge in [-0.2, -0.15) is 0 Å². The Labute approximate surface area is 234 Å². The number of carbonyl (C=O) groups is 2. The third-order valence-electron chi connectivity index (χ3n) is 5.84. The fraction of sp³-hybridized carbons (Fsp3) is 0.286. The molecule has 3 aromatic carbocycles. The molecule has 0 bridgehead atoms. The second kappa shape index (κ2) is 13.1. The molecule has 0 spiro atoms. The minimum atomic E-state index is -4.09. The molecule has 0 heterocycles. The number of nitrogens with one attached hydrogen (secondary N) is 1. The van der Waals surface area contributed by atoms with Crippen LogP contribution in [-0.2, 0) is 26.2 Å². The van der Waals surface area contributed by atoms with Crippen molar-refractivity contribution in [3.8, 4) is 0 Å². The Hall–Kier alpha value is -3.07. The van der Waals surface area contributed by atoms with Crippen LogP contribution in [0.25, 0.3) is 0 Å². The van der Waals surface area contributed by atoms with E-state index < -0.39 is 28.5 Å². The number of para-hydroxylation sites is 1. The quantitative estimate of drug-likeness (QED) is 0.332. The van der Waals surface area contributed by atoms with Crippen LogP contribution < -0.4 is 9.62 Å². The number of hydrogen-bond acceptors (Lipinski definition) is 4. The summed E-state index contributed by atoms with van der Waals surface area (Å²) < 4.78 is 28.4. The van der Waals surface area contributed by atoms with Crippen LogP contribution >= 0.6 is 23.2 Å². The van der Waals surface area contributed by atoms with Crippen molar-refractivity contribution >= 4 is 50.7 Å². The van der Waals surface area contributed by atoms with Gasteiger partial charge in [0.05, 0.1) is 20.6 Å². The Morgan fingerprint density at radius 2 is 1.47 bits per heavy atom. The van der Waals surface area contributed by atoms with E-state index >= 15 is 0 Å². The van der Waals surface area contributed by atoms with Crippen molar-refractivity contribution in [1.82, 2.24) is 10.2 Å². The predicted octanol–water partition coefficient (Wildman–Crippen LogP) is 5.38. The molecule has 0 radical (unpaired) electrons. The number of nitrogens with zero attached hydrogens (tertiary/aromatic N) is 2. The summed E-state index contributed by atoms with van der Waals surface area (Å²) in [7, 11) is -4.09. The first-order valence-electron chi connectivity index (χ1n) is 12.1. The molecule has 202 valence electrons. The van der Waals surface area contributed by atoms with Crippen LogP contribution in [0.2, 0.25) is 10.0 Å². The first kappa shape index (κ1) is 29.5. The third-order valence-corrected chi connectivity index (χ3v) is 8.37. The molecule has 1 atom stereocenters. The van der Waals surface area contributed by atoms with Crippen molar-refractivity contribution in [3.05, 3.63) is 94.5 Å². The Kier molecular flexibility index (Phi) is 10.2. The second-order valence-electron chi connectivity index (χ2n) is 9.25. The molecule has 0 aliphatic carbocycles. The number of rotatable bonds is 11. The summed E-state index contributed by atoms with van der Waals surface area (Å²) in [6.07, 6.45) is 0. The zero-order valence-corrected chi connectivity index (χ0v) is 23.8. The molecule has 10 heteroatoms. The lowest BCUT2D eigenvalue weighted by Crippen LogP contribution is -2.51. The maximum absolute atomic E-state index is 13.8. The molecule has 0 saturated heterocycles. The van der Waals surface area contributed by atoms with Crippen LogP contribution in [0.5, 0.6) is 0 Å². The lowest BCUT2D eigenvalue weighted by Gasteiger charge is -2.32. The van der Waals surface area contributed by atoms with Gasteiger partial charge in [-0.3, -0.25) is 13.9 Å². The highest BCUT2D eigenvalue weighted by molar-refractivity contribution is 7.92. The number of anilines is 1. The predicted molar refractivity (Wildman–Crippen MR) is 152 cm³/mol. The Morgan fingerprint density at radius 1 is 0.868 bits per heavy atom. The first-order chi connectivity index (χ1) is 18.0. The molecule has 2 amide bonds. The first-order valence-corrected chi connectivity index (χ1v) is 14.3. The molecule has 0 aliphatic rings. The van der Waals surface area contributed by atoms with Crippen LogP contribution in [0.3, 0.4) is 0 Å². The van der Waals surface area contributed by atoms with Gasteiger partial charge in [0.2, 0.25) is 11.8 Å². The molecule has 3 rings (SSSR count). The monoisotopic (exact) mass is 575 g/mol. The number of sulfonamides is 1. The van der Waals surface area contributed by atoms with Crippen LogP contribution in [0.4, 0.5) is 5.69 Å². The molecule has 0 aliphatic heterocycles. The summed E-state index contributed by atoms with van der Waals surface area (Å²) in [5, 5.41) is 3.53. The van der Waals surface area contributed by atoms with Gasteiger partial charge in [-0.15, -0.1) is 0 Å². The normalized spacial score (nSPS) is 12.2. The fourth-order valence-electron chi connectivity index (χ4n) is 3.71. The lowest BCUT2D eigenvalue weighted by molar-refractivity contribution is -0.139. The summed E-state index contributed by atoms with van der Waals surface area (Å²) in [5.41, 5.74) is 0.976. The lowest BCUT2D eigenvalue weighted by atomic mass is 10.1. The average Bonchev–Trinajstić information content (AvgIpc) is 2.91. The molecular weight excluding hydrogens is 545 g/mol. The minimum Gasteiger partial charge on any atom is -0.354 e. The van der Waals surface area contributed by atoms with Gasteiger partial charge in [-0.25, -0.2) is 8.42 Å². The maximum atomic E-state index is 13.8. The van der Waals surface area contributed by atoms with Crippen LogP contribution in [0, 0.1) is 5.92 Å². The van der Waals surface area contributed by atoms with Crippen molar-refractivity contribution < 1.29 is 18.0 Å². The molecule has 38 heavy (non-hydrogen) atoms. The molecule has 7 nitrogen and oxygen atoms in total. The van der Waals surface area contributed by atoms with Gasteiger partial charge in [-0.05, 0) is 54.8 Å². The van der Waals surface area contributed by atoms with E-state index in [1.165, 1.54) is 17.0 Å². The zero-order chi connectivity index (χ0) is 27.9. The van der Waals surface area contributed by atoms with E-state index in [1.54, 1.807) is 73.7 Å². The second-order valence-corrected chi connectivity index (χ2v) is 11.9. The van der Waals surface area contributed by atoms with Crippen molar-refractivity contribution in [2.75, 3.05) is 17.4 Å². The van der Waals surface area contributed by atoms with E-state index in [2.05, 4.69) is 5.32 Å². The largest absolute Gasteiger partial charge is 0.354 e. The molecule has 0 aromatic heterocycles. The smallest absolute Gasteiger partial charge is 0.264 e. The van der Waals surface area contributed by atoms with Crippen molar-refractivity contribution in [1.29, 1.82) is 0 Å². The van der Waals surface area contributed by atoms with E-state index in [0.29, 0.717) is 27.8 Å². The Morgan fingerprint density at radius 3 is 2.05 bits per heavy atom. The Bertz CT molecular complexity index is 1350. The van der Waals surface area contributed by atoms with Gasteiger partial charge in [0.15, 0.2) is 0 Å². The number of halogens is 2. The standard InChI is InChI=1S/C28H31Cl2N3O4S/c1-20(2)17-31-28(35)21(3)32(18-22-14-15-25(29)26(30)16-22)27(34)19-33(23-10-6-4-7-11-23)38(36,37)24-12-8-5-9-13-24/h4-16,20-21H,17-19H2,1-3H3,(H,31,35)/t21-/m0/s1. The number of hydrogen-bond donors (Lipinski definition) is 1. The number of amides is 2. The summed E-state index contributed by atoms with van der Waals surface area (Å²) in [6.45, 7) is 5.51.